The summed E-state index contributed by atoms with van der Waals surface area (Å²) >= 11 is 0. The lowest BCUT2D eigenvalue weighted by Gasteiger charge is -2.48. The number of hydrogen-bond acceptors (Lipinski definition) is 8. The Bertz CT molecular complexity index is 1860. The van der Waals surface area contributed by atoms with Gasteiger partial charge in [-0.2, -0.15) is 13.2 Å². The van der Waals surface area contributed by atoms with Gasteiger partial charge in [0.05, 0.1) is 31.2 Å². The molecule has 3 aromatic carbocycles. The van der Waals surface area contributed by atoms with E-state index in [-0.39, 0.29) is 22.8 Å². The van der Waals surface area contributed by atoms with Crippen molar-refractivity contribution < 1.29 is 31.1 Å². The van der Waals surface area contributed by atoms with Crippen molar-refractivity contribution >= 4 is 21.5 Å². The Morgan fingerprint density at radius 1 is 1.00 bits per heavy atom. The zero-order chi connectivity index (χ0) is 35.4. The van der Waals surface area contributed by atoms with E-state index in [1.807, 2.05) is 26.2 Å². The Morgan fingerprint density at radius 2 is 1.80 bits per heavy atom. The first-order valence-electron chi connectivity index (χ1n) is 16.0. The molecule has 0 aliphatic carbocycles. The van der Waals surface area contributed by atoms with Gasteiger partial charge in [0.25, 0.3) is 10.0 Å². The number of alkyl halides is 3. The number of sulfonamides is 1. The standard InChI is InChI=1S/C36H42F3N5O4S/c1-26-20-30(43-19-7-16-35(24-43,42(2)3)17-14-27-8-6-9-29(21-27)36(37,38)39)11-13-33(26)49(45,46)44(34-15-18-40-25-41-34)23-28-10-12-31(47-4)22-32(28)48-5/h6,8-13,15,18,20-22,25H,7,14,16-17,19,23-24H2,1-5H3. The second kappa shape index (κ2) is 14.6. The number of piperidine rings is 1. The third-order valence-electron chi connectivity index (χ3n) is 9.36. The monoisotopic (exact) mass is 697 g/mol. The summed E-state index contributed by atoms with van der Waals surface area (Å²) in [4.78, 5) is 12.8. The summed E-state index contributed by atoms with van der Waals surface area (Å²) in [5.74, 6) is 1.27. The van der Waals surface area contributed by atoms with Crippen molar-refractivity contribution in [3.05, 3.63) is 102 Å². The number of ether oxygens (including phenoxy) is 2. The predicted molar refractivity (Wildman–Crippen MR) is 184 cm³/mol. The minimum atomic E-state index is -4.39. The molecule has 1 fully saturated rings. The van der Waals surface area contributed by atoms with Crippen molar-refractivity contribution in [1.29, 1.82) is 0 Å². The van der Waals surface area contributed by atoms with Crippen LogP contribution < -0.4 is 18.7 Å². The molecule has 5 rings (SSSR count). The smallest absolute Gasteiger partial charge is 0.416 e. The molecule has 1 aliphatic rings. The lowest BCUT2D eigenvalue weighted by atomic mass is 9.82. The van der Waals surface area contributed by atoms with E-state index in [2.05, 4.69) is 19.8 Å². The van der Waals surface area contributed by atoms with E-state index in [0.29, 0.717) is 47.6 Å². The van der Waals surface area contributed by atoms with Crippen molar-refractivity contribution in [2.45, 2.75) is 55.8 Å². The lowest BCUT2D eigenvalue weighted by Crippen LogP contribution is -2.56. The molecular formula is C36H42F3N5O4S. The maximum Gasteiger partial charge on any atom is 0.416 e. The number of aromatic nitrogens is 2. The first kappa shape index (κ1) is 35.9. The first-order valence-corrected chi connectivity index (χ1v) is 17.4. The fraction of sp³-hybridized carbons (Fsp3) is 0.389. The molecule has 262 valence electrons. The molecule has 4 aromatic rings. The van der Waals surface area contributed by atoms with Gasteiger partial charge in [0.1, 0.15) is 23.6 Å². The van der Waals surface area contributed by atoms with Gasteiger partial charge in [0, 0.05) is 48.2 Å². The van der Waals surface area contributed by atoms with Crippen LogP contribution in [0.4, 0.5) is 24.7 Å². The molecule has 2 heterocycles. The molecule has 1 aromatic heterocycles. The molecule has 1 saturated heterocycles. The van der Waals surface area contributed by atoms with Crippen LogP contribution in [-0.2, 0) is 29.2 Å². The highest BCUT2D eigenvalue weighted by atomic mass is 32.2. The zero-order valence-corrected chi connectivity index (χ0v) is 29.2. The topological polar surface area (TPSA) is 88.1 Å². The minimum absolute atomic E-state index is 0.0446. The Labute approximate surface area is 286 Å². The van der Waals surface area contributed by atoms with Crippen LogP contribution in [0.3, 0.4) is 0 Å². The van der Waals surface area contributed by atoms with Crippen LogP contribution in [0.2, 0.25) is 0 Å². The number of anilines is 2. The summed E-state index contributed by atoms with van der Waals surface area (Å²) in [5, 5.41) is 0. The van der Waals surface area contributed by atoms with Crippen LogP contribution in [-0.4, -0.2) is 70.2 Å². The molecule has 1 atom stereocenters. The number of hydrogen-bond donors (Lipinski definition) is 0. The largest absolute Gasteiger partial charge is 0.497 e. The quantitative estimate of drug-likeness (QED) is 0.161. The van der Waals surface area contributed by atoms with Crippen LogP contribution >= 0.6 is 0 Å². The van der Waals surface area contributed by atoms with Gasteiger partial charge in [-0.15, -0.1) is 0 Å². The van der Waals surface area contributed by atoms with E-state index in [9.17, 15) is 21.6 Å². The van der Waals surface area contributed by atoms with Crippen LogP contribution in [0.25, 0.3) is 0 Å². The van der Waals surface area contributed by atoms with Gasteiger partial charge in [0.15, 0.2) is 0 Å². The van der Waals surface area contributed by atoms with Gasteiger partial charge >= 0.3 is 6.18 Å². The summed E-state index contributed by atoms with van der Waals surface area (Å²) in [7, 11) is 2.97. The second-order valence-corrected chi connectivity index (χ2v) is 14.4. The van der Waals surface area contributed by atoms with E-state index >= 15 is 0 Å². The van der Waals surface area contributed by atoms with Gasteiger partial charge in [-0.25, -0.2) is 22.7 Å². The number of methoxy groups -OCH3 is 2. The molecule has 0 N–H and O–H groups in total. The van der Waals surface area contributed by atoms with E-state index in [0.717, 1.165) is 31.1 Å². The molecule has 1 unspecified atom stereocenters. The highest BCUT2D eigenvalue weighted by molar-refractivity contribution is 7.92. The molecule has 13 heteroatoms. The molecule has 0 bridgehead atoms. The van der Waals surface area contributed by atoms with Crippen LogP contribution in [0.15, 0.2) is 84.1 Å². The molecule has 0 amide bonds. The number of nitrogens with zero attached hydrogens (tertiary/aromatic N) is 5. The Kier molecular flexibility index (Phi) is 10.7. The normalized spacial score (nSPS) is 16.9. The third kappa shape index (κ3) is 7.94. The lowest BCUT2D eigenvalue weighted by molar-refractivity contribution is -0.137. The van der Waals surface area contributed by atoms with E-state index in [1.54, 1.807) is 50.4 Å². The van der Waals surface area contributed by atoms with Crippen molar-refractivity contribution in [3.8, 4) is 11.5 Å². The maximum atomic E-state index is 14.4. The van der Waals surface area contributed by atoms with Crippen molar-refractivity contribution in [2.75, 3.05) is 50.6 Å². The summed E-state index contributed by atoms with van der Waals surface area (Å²) in [6.07, 6.45) is 1.36. The molecule has 9 nitrogen and oxygen atoms in total. The number of halogens is 3. The van der Waals surface area contributed by atoms with E-state index in [4.69, 9.17) is 9.47 Å². The Morgan fingerprint density at radius 3 is 2.45 bits per heavy atom. The van der Waals surface area contributed by atoms with Gasteiger partial charge in [-0.05, 0) is 94.2 Å². The average molecular weight is 698 g/mol. The van der Waals surface area contributed by atoms with Crippen LogP contribution in [0, 0.1) is 6.92 Å². The molecular weight excluding hydrogens is 655 g/mol. The maximum absolute atomic E-state index is 14.4. The van der Waals surface area contributed by atoms with Gasteiger partial charge < -0.3 is 19.3 Å². The molecule has 0 radical (unpaired) electrons. The SMILES string of the molecule is COc1ccc(CN(c2ccncn2)S(=O)(=O)c2ccc(N3CCCC(CCc4cccc(C(F)(F)F)c4)(N(C)C)C3)cc2C)c(OC)c1. The van der Waals surface area contributed by atoms with Crippen molar-refractivity contribution in [1.82, 2.24) is 14.9 Å². The van der Waals surface area contributed by atoms with Crippen molar-refractivity contribution in [2.24, 2.45) is 0 Å². The Balaban J connectivity index is 1.41. The summed E-state index contributed by atoms with van der Waals surface area (Å²) in [5.41, 5.74) is 1.81. The summed E-state index contributed by atoms with van der Waals surface area (Å²) in [6.45, 7) is 3.15. The van der Waals surface area contributed by atoms with Crippen molar-refractivity contribution in [3.63, 3.8) is 0 Å². The second-order valence-electron chi connectivity index (χ2n) is 12.5. The fourth-order valence-corrected chi connectivity index (χ4v) is 8.11. The molecule has 0 saturated carbocycles. The zero-order valence-electron chi connectivity index (χ0n) is 28.4. The highest BCUT2D eigenvalue weighted by Gasteiger charge is 2.38. The number of aryl methyl sites for hydroxylation is 2. The van der Waals surface area contributed by atoms with E-state index < -0.39 is 21.8 Å². The fourth-order valence-electron chi connectivity index (χ4n) is 6.50. The number of rotatable bonds is 12. The van der Waals surface area contributed by atoms with Gasteiger partial charge in [-0.3, -0.25) is 0 Å². The molecule has 0 spiro atoms. The summed E-state index contributed by atoms with van der Waals surface area (Å²) < 4.78 is 80.9. The summed E-state index contributed by atoms with van der Waals surface area (Å²) in [6, 6.07) is 17.6. The number of benzene rings is 3. The van der Waals surface area contributed by atoms with Gasteiger partial charge in [0.2, 0.25) is 0 Å². The minimum Gasteiger partial charge on any atom is -0.497 e. The first-order chi connectivity index (χ1) is 23.3. The highest BCUT2D eigenvalue weighted by Crippen LogP contribution is 2.37. The van der Waals surface area contributed by atoms with E-state index in [1.165, 1.54) is 36.1 Å². The van der Waals surface area contributed by atoms with Gasteiger partial charge in [-0.1, -0.05) is 18.2 Å². The van der Waals surface area contributed by atoms with Crippen LogP contribution in [0.5, 0.6) is 11.5 Å². The van der Waals surface area contributed by atoms with Crippen LogP contribution in [0.1, 0.15) is 41.5 Å². The molecule has 1 aliphatic heterocycles. The average Bonchev–Trinajstić information content (AvgIpc) is 3.09. The third-order valence-corrected chi connectivity index (χ3v) is 11.3. The molecule has 49 heavy (non-hydrogen) atoms. The Hall–Kier alpha value is -4.36. The number of likely N-dealkylation sites (N-methyl/N-ethyl adjacent to an activating group) is 1. The predicted octanol–water partition coefficient (Wildman–Crippen LogP) is 6.75.